The summed E-state index contributed by atoms with van der Waals surface area (Å²) in [6.45, 7) is 4.75. The quantitative estimate of drug-likeness (QED) is 0.655. The number of carbonyl (C=O) groups is 1. The minimum Gasteiger partial charge on any atom is -0.472 e. The van der Waals surface area contributed by atoms with Gasteiger partial charge in [0, 0.05) is 20.6 Å². The highest BCUT2D eigenvalue weighted by Crippen LogP contribution is 2.16. The zero-order chi connectivity index (χ0) is 18.2. The third-order valence-corrected chi connectivity index (χ3v) is 3.83. The summed E-state index contributed by atoms with van der Waals surface area (Å²) in [5.74, 6) is 0.565. The lowest BCUT2D eigenvalue weighted by Crippen LogP contribution is -2.39. The monoisotopic (exact) mass is 342 g/mol. The molecule has 0 fully saturated rings. The summed E-state index contributed by atoms with van der Waals surface area (Å²) >= 11 is 0. The minimum absolute atomic E-state index is 0.0652. The van der Waals surface area contributed by atoms with Crippen molar-refractivity contribution < 1.29 is 9.53 Å². The number of fused-ring (bicyclic) bond motifs is 1. The molecular weight excluding hydrogens is 316 g/mol. The molecule has 6 heteroatoms. The Labute approximate surface area is 149 Å². The summed E-state index contributed by atoms with van der Waals surface area (Å²) in [7, 11) is 5.43. The van der Waals surface area contributed by atoms with Gasteiger partial charge in [0.25, 0.3) is 0 Å². The first-order chi connectivity index (χ1) is 12.0. The number of likely N-dealkylation sites (N-methyl/N-ethyl adjacent to an activating group) is 2. The van der Waals surface area contributed by atoms with E-state index in [0.717, 1.165) is 23.9 Å². The maximum Gasteiger partial charge on any atom is 0.236 e. The second kappa shape index (κ2) is 9.13. The summed E-state index contributed by atoms with van der Waals surface area (Å²) in [5.41, 5.74) is 1.64. The smallest absolute Gasteiger partial charge is 0.236 e. The molecule has 2 rings (SSSR count). The van der Waals surface area contributed by atoms with E-state index >= 15 is 0 Å². The van der Waals surface area contributed by atoms with E-state index in [0.29, 0.717) is 19.0 Å². The Morgan fingerprint density at radius 1 is 1.28 bits per heavy atom. The molecule has 2 aromatic rings. The zero-order valence-electron chi connectivity index (χ0n) is 15.2. The number of amides is 1. The van der Waals surface area contributed by atoms with E-state index in [-0.39, 0.29) is 12.0 Å². The Hall–Kier alpha value is -2.47. The molecule has 0 saturated carbocycles. The van der Waals surface area contributed by atoms with Crippen LogP contribution in [0.25, 0.3) is 11.0 Å². The largest absolute Gasteiger partial charge is 0.472 e. The predicted molar refractivity (Wildman–Crippen MR) is 99.6 cm³/mol. The predicted octanol–water partition coefficient (Wildman–Crippen LogP) is 2.36. The van der Waals surface area contributed by atoms with Crippen LogP contribution in [-0.2, 0) is 4.79 Å². The van der Waals surface area contributed by atoms with Crippen molar-refractivity contribution in [2.75, 3.05) is 34.2 Å². The normalized spacial score (nSPS) is 12.2. The molecule has 1 aromatic heterocycles. The molecule has 0 radical (unpaired) electrons. The number of hydrogen-bond acceptors (Lipinski definition) is 5. The number of carbonyl (C=O) groups excluding carboxylic acids is 1. The zero-order valence-corrected chi connectivity index (χ0v) is 15.2. The molecule has 0 N–H and O–H groups in total. The van der Waals surface area contributed by atoms with Crippen molar-refractivity contribution in [3.05, 3.63) is 43.1 Å². The number of hydrogen-bond donors (Lipinski definition) is 0. The van der Waals surface area contributed by atoms with Gasteiger partial charge < -0.3 is 9.64 Å². The molecule has 0 aliphatic heterocycles. The van der Waals surface area contributed by atoms with E-state index < -0.39 is 0 Å². The molecule has 0 saturated heterocycles. The Bertz CT molecular complexity index is 717. The molecule has 0 unspecified atom stereocenters. The van der Waals surface area contributed by atoms with Gasteiger partial charge in [-0.05, 0) is 32.0 Å². The highest BCUT2D eigenvalue weighted by molar-refractivity contribution is 5.77. The molecule has 0 aliphatic carbocycles. The molecule has 0 bridgehead atoms. The van der Waals surface area contributed by atoms with E-state index in [1.165, 1.54) is 0 Å². The lowest BCUT2D eigenvalue weighted by atomic mass is 10.2. The van der Waals surface area contributed by atoms with Crippen LogP contribution in [0.4, 0.5) is 0 Å². The Morgan fingerprint density at radius 3 is 2.68 bits per heavy atom. The van der Waals surface area contributed by atoms with Crippen LogP contribution >= 0.6 is 0 Å². The van der Waals surface area contributed by atoms with Gasteiger partial charge in [-0.15, -0.1) is 6.58 Å². The number of para-hydroxylation sites is 2. The fourth-order valence-corrected chi connectivity index (χ4v) is 2.44. The van der Waals surface area contributed by atoms with Gasteiger partial charge in [-0.2, -0.15) is 0 Å². The fourth-order valence-electron chi connectivity index (χ4n) is 2.44. The molecule has 134 valence electrons. The van der Waals surface area contributed by atoms with Crippen LogP contribution in [0.15, 0.2) is 43.1 Å². The maximum absolute atomic E-state index is 11.9. The van der Waals surface area contributed by atoms with Crippen LogP contribution in [0.2, 0.25) is 0 Å². The van der Waals surface area contributed by atoms with Gasteiger partial charge in [0.1, 0.15) is 6.10 Å². The van der Waals surface area contributed by atoms with Crippen molar-refractivity contribution in [1.29, 1.82) is 0 Å². The van der Waals surface area contributed by atoms with Gasteiger partial charge in [-0.1, -0.05) is 18.2 Å². The van der Waals surface area contributed by atoms with Gasteiger partial charge in [0.2, 0.25) is 11.8 Å². The molecule has 1 atom stereocenters. The number of ether oxygens (including phenoxy) is 1. The van der Waals surface area contributed by atoms with Gasteiger partial charge in [0.05, 0.1) is 23.8 Å². The molecular formula is C19H26N4O2. The van der Waals surface area contributed by atoms with Crippen LogP contribution in [0, 0.1) is 0 Å². The molecule has 0 spiro atoms. The van der Waals surface area contributed by atoms with Crippen LogP contribution in [0.5, 0.6) is 5.88 Å². The molecule has 6 nitrogen and oxygen atoms in total. The Morgan fingerprint density at radius 2 is 2.00 bits per heavy atom. The van der Waals surface area contributed by atoms with Gasteiger partial charge in [-0.25, -0.2) is 9.97 Å². The van der Waals surface area contributed by atoms with Crippen molar-refractivity contribution in [2.24, 2.45) is 0 Å². The van der Waals surface area contributed by atoms with Crippen LogP contribution in [0.1, 0.15) is 12.8 Å². The van der Waals surface area contributed by atoms with E-state index in [1.807, 2.05) is 42.3 Å². The van der Waals surface area contributed by atoms with Crippen molar-refractivity contribution >= 4 is 16.9 Å². The van der Waals surface area contributed by atoms with Crippen LogP contribution in [-0.4, -0.2) is 66.0 Å². The number of benzene rings is 1. The second-order valence-corrected chi connectivity index (χ2v) is 6.29. The van der Waals surface area contributed by atoms with Gasteiger partial charge in [0.15, 0.2) is 0 Å². The lowest BCUT2D eigenvalue weighted by Gasteiger charge is -2.25. The third kappa shape index (κ3) is 5.83. The number of rotatable bonds is 9. The SMILES string of the molecule is C=CCC[C@@H](CN(C)CC(=O)N(C)C)Oc1cnc2ccccc2n1. The molecule has 1 amide bonds. The van der Waals surface area contributed by atoms with Crippen molar-refractivity contribution in [3.8, 4) is 5.88 Å². The average molecular weight is 342 g/mol. The summed E-state index contributed by atoms with van der Waals surface area (Å²) in [6.07, 6.45) is 5.06. The van der Waals surface area contributed by atoms with Gasteiger partial charge in [-0.3, -0.25) is 9.69 Å². The summed E-state index contributed by atoms with van der Waals surface area (Å²) in [6, 6.07) is 7.69. The first kappa shape index (κ1) is 18.9. The highest BCUT2D eigenvalue weighted by Gasteiger charge is 2.17. The standard InChI is InChI=1S/C19H26N4O2/c1-5-6-9-15(13-23(4)14-19(24)22(2)3)25-18-12-20-16-10-7-8-11-17(16)21-18/h5,7-8,10-12,15H,1,6,9,13-14H2,2-4H3/t15-/m0/s1. The first-order valence-electron chi connectivity index (χ1n) is 8.37. The summed E-state index contributed by atoms with van der Waals surface area (Å²) in [5, 5.41) is 0. The van der Waals surface area contributed by atoms with E-state index in [9.17, 15) is 4.79 Å². The van der Waals surface area contributed by atoms with Crippen molar-refractivity contribution in [2.45, 2.75) is 18.9 Å². The minimum atomic E-state index is -0.0894. The fraction of sp³-hybridized carbons (Fsp3) is 0.421. The third-order valence-electron chi connectivity index (χ3n) is 3.83. The highest BCUT2D eigenvalue weighted by atomic mass is 16.5. The van der Waals surface area contributed by atoms with Crippen molar-refractivity contribution in [1.82, 2.24) is 19.8 Å². The molecule has 0 aliphatic rings. The first-order valence-corrected chi connectivity index (χ1v) is 8.37. The van der Waals surface area contributed by atoms with E-state index in [4.69, 9.17) is 4.74 Å². The topological polar surface area (TPSA) is 58.6 Å². The second-order valence-electron chi connectivity index (χ2n) is 6.29. The van der Waals surface area contributed by atoms with E-state index in [2.05, 4.69) is 16.5 Å². The summed E-state index contributed by atoms with van der Waals surface area (Å²) in [4.78, 5) is 24.3. The van der Waals surface area contributed by atoms with Crippen LogP contribution < -0.4 is 4.74 Å². The van der Waals surface area contributed by atoms with Crippen LogP contribution in [0.3, 0.4) is 0 Å². The Kier molecular flexibility index (Phi) is 6.89. The lowest BCUT2D eigenvalue weighted by molar-refractivity contribution is -0.129. The van der Waals surface area contributed by atoms with E-state index in [1.54, 1.807) is 25.2 Å². The average Bonchev–Trinajstić information content (AvgIpc) is 2.59. The molecule has 1 heterocycles. The molecule has 25 heavy (non-hydrogen) atoms. The number of nitrogens with zero attached hydrogens (tertiary/aromatic N) is 4. The molecule has 1 aromatic carbocycles. The van der Waals surface area contributed by atoms with Gasteiger partial charge >= 0.3 is 0 Å². The maximum atomic E-state index is 11.9. The van der Waals surface area contributed by atoms with Crippen molar-refractivity contribution in [3.63, 3.8) is 0 Å². The number of allylic oxidation sites excluding steroid dienone is 1. The number of aromatic nitrogens is 2. The summed E-state index contributed by atoms with van der Waals surface area (Å²) < 4.78 is 6.05. The Balaban J connectivity index is 2.04.